The molecular formula is C24H27FN2O3S. The van der Waals surface area contributed by atoms with Gasteiger partial charge in [-0.2, -0.15) is 0 Å². The first kappa shape index (κ1) is 22.7. The number of sulfone groups is 1. The highest BCUT2D eigenvalue weighted by atomic mass is 32.2. The lowest BCUT2D eigenvalue weighted by molar-refractivity contribution is -0.121. The van der Waals surface area contributed by atoms with E-state index >= 15 is 0 Å². The summed E-state index contributed by atoms with van der Waals surface area (Å²) in [6.45, 7) is 4.48. The second-order valence-electron chi connectivity index (χ2n) is 7.60. The minimum Gasteiger partial charge on any atom is -0.356 e. The van der Waals surface area contributed by atoms with Crippen molar-refractivity contribution in [2.24, 2.45) is 0 Å². The number of benzene rings is 2. The van der Waals surface area contributed by atoms with Crippen LogP contribution >= 0.6 is 0 Å². The smallest absolute Gasteiger partial charge is 0.219 e. The Balaban J connectivity index is 2.00. The average molecular weight is 443 g/mol. The van der Waals surface area contributed by atoms with Gasteiger partial charge in [0.05, 0.1) is 10.6 Å². The van der Waals surface area contributed by atoms with Crippen molar-refractivity contribution in [1.29, 1.82) is 0 Å². The monoisotopic (exact) mass is 442 g/mol. The Kier molecular flexibility index (Phi) is 6.95. The Morgan fingerprint density at radius 1 is 1.06 bits per heavy atom. The minimum atomic E-state index is -3.29. The molecule has 1 heterocycles. The molecule has 0 atom stereocenters. The molecule has 164 valence electrons. The van der Waals surface area contributed by atoms with Crippen LogP contribution in [0.2, 0.25) is 0 Å². The zero-order valence-electron chi connectivity index (χ0n) is 18.0. The van der Waals surface area contributed by atoms with E-state index in [4.69, 9.17) is 0 Å². The number of nitrogens with zero attached hydrogens (tertiary/aromatic N) is 1. The Labute approximate surface area is 182 Å². The topological polar surface area (TPSA) is 68.2 Å². The Bertz CT molecular complexity index is 1160. The third-order valence-electron chi connectivity index (χ3n) is 5.21. The third kappa shape index (κ3) is 5.41. The van der Waals surface area contributed by atoms with E-state index in [9.17, 15) is 17.6 Å². The number of hydrogen-bond donors (Lipinski definition) is 1. The van der Waals surface area contributed by atoms with Crippen molar-refractivity contribution in [3.8, 4) is 16.9 Å². The number of hydrogen-bond acceptors (Lipinski definition) is 3. The predicted molar refractivity (Wildman–Crippen MR) is 121 cm³/mol. The first-order valence-electron chi connectivity index (χ1n) is 10.2. The Morgan fingerprint density at radius 3 is 2.29 bits per heavy atom. The summed E-state index contributed by atoms with van der Waals surface area (Å²) in [7, 11) is -3.29. The highest BCUT2D eigenvalue weighted by molar-refractivity contribution is 7.90. The maximum absolute atomic E-state index is 13.5. The van der Waals surface area contributed by atoms with Gasteiger partial charge in [-0.1, -0.05) is 19.1 Å². The number of aromatic nitrogens is 1. The van der Waals surface area contributed by atoms with E-state index in [1.54, 1.807) is 36.4 Å². The maximum Gasteiger partial charge on any atom is 0.219 e. The molecule has 31 heavy (non-hydrogen) atoms. The summed E-state index contributed by atoms with van der Waals surface area (Å²) >= 11 is 0. The molecule has 0 aliphatic carbocycles. The van der Waals surface area contributed by atoms with Gasteiger partial charge in [-0.15, -0.1) is 0 Å². The van der Waals surface area contributed by atoms with Crippen molar-refractivity contribution in [3.05, 3.63) is 71.7 Å². The van der Waals surface area contributed by atoms with Crippen LogP contribution in [0.5, 0.6) is 0 Å². The van der Waals surface area contributed by atoms with Gasteiger partial charge in [0.2, 0.25) is 5.91 Å². The van der Waals surface area contributed by atoms with Crippen LogP contribution in [0.1, 0.15) is 31.0 Å². The van der Waals surface area contributed by atoms with Crippen molar-refractivity contribution in [2.45, 2.75) is 38.0 Å². The summed E-state index contributed by atoms with van der Waals surface area (Å²) < 4.78 is 39.1. The zero-order chi connectivity index (χ0) is 22.6. The number of carbonyl (C=O) groups excluding carboxylic acids is 1. The maximum atomic E-state index is 13.5. The molecule has 0 bridgehead atoms. The number of amides is 1. The SMILES string of the molecule is CCCC(=O)NCCc1cc(-c2ccc(S(C)(=O)=O)cc2)n(-c2ccc(F)cc2)c1C. The summed E-state index contributed by atoms with van der Waals surface area (Å²) in [5, 5.41) is 2.93. The molecule has 0 saturated carbocycles. The van der Waals surface area contributed by atoms with E-state index in [0.29, 0.717) is 19.4 Å². The van der Waals surface area contributed by atoms with E-state index in [2.05, 4.69) is 5.32 Å². The molecule has 0 fully saturated rings. The lowest BCUT2D eigenvalue weighted by Gasteiger charge is -2.13. The van der Waals surface area contributed by atoms with Crippen LogP contribution in [-0.4, -0.2) is 31.7 Å². The second-order valence-corrected chi connectivity index (χ2v) is 9.61. The van der Waals surface area contributed by atoms with E-state index in [1.165, 1.54) is 18.4 Å². The summed E-state index contributed by atoms with van der Waals surface area (Å²) in [6, 6.07) is 15.0. The lowest BCUT2D eigenvalue weighted by Crippen LogP contribution is -2.25. The van der Waals surface area contributed by atoms with Crippen LogP contribution in [0.4, 0.5) is 4.39 Å². The van der Waals surface area contributed by atoms with Crippen molar-refractivity contribution in [2.75, 3.05) is 12.8 Å². The molecule has 2 aromatic carbocycles. The molecule has 0 aliphatic rings. The van der Waals surface area contributed by atoms with E-state index in [-0.39, 0.29) is 16.6 Å². The lowest BCUT2D eigenvalue weighted by atomic mass is 10.1. The van der Waals surface area contributed by atoms with Gasteiger partial charge in [0, 0.05) is 30.6 Å². The molecule has 5 nitrogen and oxygen atoms in total. The van der Waals surface area contributed by atoms with Crippen LogP contribution in [0.15, 0.2) is 59.5 Å². The molecule has 3 rings (SSSR count). The quantitative estimate of drug-likeness (QED) is 0.560. The van der Waals surface area contributed by atoms with Gasteiger partial charge in [0.1, 0.15) is 5.82 Å². The van der Waals surface area contributed by atoms with Crippen LogP contribution in [-0.2, 0) is 21.1 Å². The fourth-order valence-electron chi connectivity index (χ4n) is 3.57. The summed E-state index contributed by atoms with van der Waals surface area (Å²) in [5.74, 6) is -0.277. The van der Waals surface area contributed by atoms with Crippen LogP contribution in [0, 0.1) is 12.7 Å². The van der Waals surface area contributed by atoms with Gasteiger partial charge in [-0.3, -0.25) is 4.79 Å². The van der Waals surface area contributed by atoms with Gasteiger partial charge in [0.15, 0.2) is 9.84 Å². The normalized spacial score (nSPS) is 11.5. The number of rotatable bonds is 8. The largest absolute Gasteiger partial charge is 0.356 e. The number of halogens is 1. The molecule has 0 spiro atoms. The summed E-state index contributed by atoms with van der Waals surface area (Å²) in [6.07, 6.45) is 3.15. The first-order chi connectivity index (χ1) is 14.7. The summed E-state index contributed by atoms with van der Waals surface area (Å²) in [5.41, 5.74) is 4.57. The van der Waals surface area contributed by atoms with Gasteiger partial charge in [0.25, 0.3) is 0 Å². The third-order valence-corrected chi connectivity index (χ3v) is 6.34. The van der Waals surface area contributed by atoms with Crippen molar-refractivity contribution >= 4 is 15.7 Å². The fraction of sp³-hybridized carbons (Fsp3) is 0.292. The molecular weight excluding hydrogens is 415 g/mol. The van der Waals surface area contributed by atoms with Crippen LogP contribution in [0.3, 0.4) is 0 Å². The van der Waals surface area contributed by atoms with Crippen molar-refractivity contribution < 1.29 is 17.6 Å². The predicted octanol–water partition coefficient (Wildman–Crippen LogP) is 4.45. The second kappa shape index (κ2) is 9.47. The highest BCUT2D eigenvalue weighted by Crippen LogP contribution is 2.30. The van der Waals surface area contributed by atoms with Crippen molar-refractivity contribution in [3.63, 3.8) is 0 Å². The minimum absolute atomic E-state index is 0.0368. The average Bonchev–Trinajstić information content (AvgIpc) is 3.05. The number of carbonyl (C=O) groups is 1. The molecule has 3 aromatic rings. The first-order valence-corrected chi connectivity index (χ1v) is 12.1. The van der Waals surface area contributed by atoms with Gasteiger partial charge in [-0.05, 0) is 73.4 Å². The summed E-state index contributed by atoms with van der Waals surface area (Å²) in [4.78, 5) is 12.0. The van der Waals surface area contributed by atoms with E-state index in [0.717, 1.165) is 34.6 Å². The highest BCUT2D eigenvalue weighted by Gasteiger charge is 2.16. The standard InChI is InChI=1S/C24H27FN2O3S/c1-4-5-24(28)26-15-14-19-16-23(18-6-12-22(13-7-18)31(3,29)30)27(17(19)2)21-10-8-20(25)9-11-21/h6-13,16H,4-5,14-15H2,1-3H3,(H,26,28). The molecule has 1 amide bonds. The van der Waals surface area contributed by atoms with Crippen molar-refractivity contribution in [1.82, 2.24) is 9.88 Å². The Hall–Kier alpha value is -2.93. The van der Waals surface area contributed by atoms with Crippen LogP contribution in [0.25, 0.3) is 16.9 Å². The van der Waals surface area contributed by atoms with E-state index < -0.39 is 9.84 Å². The fourth-order valence-corrected chi connectivity index (χ4v) is 4.20. The van der Waals surface area contributed by atoms with Gasteiger partial charge < -0.3 is 9.88 Å². The molecule has 7 heteroatoms. The molecule has 0 saturated heterocycles. The molecule has 0 aliphatic heterocycles. The Morgan fingerprint density at radius 2 is 1.71 bits per heavy atom. The zero-order valence-corrected chi connectivity index (χ0v) is 18.8. The number of nitrogens with one attached hydrogen (secondary N) is 1. The van der Waals surface area contributed by atoms with Gasteiger partial charge in [-0.25, -0.2) is 12.8 Å². The molecule has 0 unspecified atom stereocenters. The molecule has 0 radical (unpaired) electrons. The molecule has 1 N–H and O–H groups in total. The van der Waals surface area contributed by atoms with Crippen LogP contribution < -0.4 is 5.32 Å². The van der Waals surface area contributed by atoms with E-state index in [1.807, 2.05) is 24.5 Å². The van der Waals surface area contributed by atoms with Gasteiger partial charge >= 0.3 is 0 Å². The molecule has 1 aromatic heterocycles.